The molecule has 1 aliphatic heterocycles. The van der Waals surface area contributed by atoms with Crippen LogP contribution in [0.4, 0.5) is 0 Å². The van der Waals surface area contributed by atoms with Gasteiger partial charge in [-0.1, -0.05) is 24.3 Å². The normalized spacial score (nSPS) is 23.4. The molecule has 0 spiro atoms. The molecule has 1 aromatic rings. The maximum atomic E-state index is 5.92. The van der Waals surface area contributed by atoms with Crippen LogP contribution in [0.2, 0.25) is 0 Å². The third-order valence-electron chi connectivity index (χ3n) is 4.27. The van der Waals surface area contributed by atoms with Crippen molar-refractivity contribution in [2.24, 2.45) is 5.92 Å². The van der Waals surface area contributed by atoms with Crippen LogP contribution >= 0.6 is 0 Å². The van der Waals surface area contributed by atoms with Crippen molar-refractivity contribution in [3.8, 4) is 5.75 Å². The molecule has 0 aromatic heterocycles. The summed E-state index contributed by atoms with van der Waals surface area (Å²) in [4.78, 5) is 0. The summed E-state index contributed by atoms with van der Waals surface area (Å²) in [5.41, 5.74) is 2.69. The Bertz CT molecular complexity index is 504. The highest BCUT2D eigenvalue weighted by Gasteiger charge is 2.29. The van der Waals surface area contributed by atoms with Crippen molar-refractivity contribution in [3.05, 3.63) is 41.5 Å². The molecule has 3 rings (SSSR count). The van der Waals surface area contributed by atoms with Crippen LogP contribution in [0.25, 0.3) is 0 Å². The molecule has 2 heteroatoms. The summed E-state index contributed by atoms with van der Waals surface area (Å²) in [5.74, 6) is 1.88. The summed E-state index contributed by atoms with van der Waals surface area (Å²) in [6, 6.07) is 6.62. The number of hydrogen-bond donors (Lipinski definition) is 1. The first kappa shape index (κ1) is 13.7. The molecule has 0 saturated carbocycles. The summed E-state index contributed by atoms with van der Waals surface area (Å²) in [6.07, 6.45) is 9.46. The smallest absolute Gasteiger partial charge is 0.123 e. The Balaban J connectivity index is 1.53. The SMILES string of the molecule is CC1(C)Cc2cc(CNCC3CC=CCC3)ccc2O1. The second-order valence-corrected chi connectivity index (χ2v) is 6.76. The lowest BCUT2D eigenvalue weighted by atomic mass is 9.94. The minimum Gasteiger partial charge on any atom is -0.487 e. The Morgan fingerprint density at radius 2 is 2.20 bits per heavy atom. The molecule has 2 nitrogen and oxygen atoms in total. The van der Waals surface area contributed by atoms with E-state index in [0.717, 1.165) is 31.2 Å². The fourth-order valence-corrected chi connectivity index (χ4v) is 3.24. The van der Waals surface area contributed by atoms with Gasteiger partial charge in [0, 0.05) is 13.0 Å². The first-order valence-corrected chi connectivity index (χ1v) is 7.79. The monoisotopic (exact) mass is 271 g/mol. The summed E-state index contributed by atoms with van der Waals surface area (Å²) >= 11 is 0. The molecule has 1 aromatic carbocycles. The maximum absolute atomic E-state index is 5.92. The predicted octanol–water partition coefficient (Wildman–Crippen LogP) is 3.85. The van der Waals surface area contributed by atoms with E-state index < -0.39 is 0 Å². The van der Waals surface area contributed by atoms with Crippen LogP contribution in [0.5, 0.6) is 5.75 Å². The minimum absolute atomic E-state index is 0.0389. The van der Waals surface area contributed by atoms with Crippen molar-refractivity contribution in [2.75, 3.05) is 6.54 Å². The molecule has 1 aliphatic carbocycles. The van der Waals surface area contributed by atoms with E-state index in [9.17, 15) is 0 Å². The van der Waals surface area contributed by atoms with Gasteiger partial charge in [0.25, 0.3) is 0 Å². The zero-order valence-electron chi connectivity index (χ0n) is 12.6. The van der Waals surface area contributed by atoms with Gasteiger partial charge in [0.05, 0.1) is 0 Å². The van der Waals surface area contributed by atoms with Crippen molar-refractivity contribution in [1.82, 2.24) is 5.32 Å². The number of benzene rings is 1. The van der Waals surface area contributed by atoms with Crippen LogP contribution in [0.1, 0.15) is 44.2 Å². The van der Waals surface area contributed by atoms with E-state index in [1.165, 1.54) is 30.4 Å². The number of hydrogen-bond acceptors (Lipinski definition) is 2. The van der Waals surface area contributed by atoms with Crippen molar-refractivity contribution in [1.29, 1.82) is 0 Å². The Morgan fingerprint density at radius 1 is 1.30 bits per heavy atom. The summed E-state index contributed by atoms with van der Waals surface area (Å²) in [7, 11) is 0. The Labute approximate surface area is 122 Å². The summed E-state index contributed by atoms with van der Waals surface area (Å²) in [5, 5.41) is 3.61. The van der Waals surface area contributed by atoms with E-state index in [1.54, 1.807) is 0 Å². The summed E-state index contributed by atoms with van der Waals surface area (Å²) in [6.45, 7) is 6.40. The second kappa shape index (κ2) is 5.61. The van der Waals surface area contributed by atoms with Gasteiger partial charge in [-0.05, 0) is 62.8 Å². The van der Waals surface area contributed by atoms with Crippen LogP contribution < -0.4 is 10.1 Å². The molecular weight excluding hydrogens is 246 g/mol. The van der Waals surface area contributed by atoms with Crippen LogP contribution in [0, 0.1) is 5.92 Å². The fourth-order valence-electron chi connectivity index (χ4n) is 3.24. The van der Waals surface area contributed by atoms with Crippen LogP contribution in [-0.4, -0.2) is 12.1 Å². The Hall–Kier alpha value is -1.28. The van der Waals surface area contributed by atoms with E-state index >= 15 is 0 Å². The van der Waals surface area contributed by atoms with E-state index in [-0.39, 0.29) is 5.60 Å². The standard InChI is InChI=1S/C18H25NO/c1-18(2)11-16-10-15(8-9-17(16)20-18)13-19-12-14-6-4-3-5-7-14/h3-4,8-10,14,19H,5-7,11-13H2,1-2H3. The molecule has 2 aliphatic rings. The molecule has 108 valence electrons. The maximum Gasteiger partial charge on any atom is 0.123 e. The van der Waals surface area contributed by atoms with E-state index in [1.807, 2.05) is 0 Å². The van der Waals surface area contributed by atoms with Crippen LogP contribution in [-0.2, 0) is 13.0 Å². The minimum atomic E-state index is -0.0389. The Kier molecular flexibility index (Phi) is 3.84. The quantitative estimate of drug-likeness (QED) is 0.840. The lowest BCUT2D eigenvalue weighted by molar-refractivity contribution is 0.138. The van der Waals surface area contributed by atoms with Gasteiger partial charge in [0.2, 0.25) is 0 Å². The molecule has 1 N–H and O–H groups in total. The van der Waals surface area contributed by atoms with E-state index in [2.05, 4.69) is 49.5 Å². The van der Waals surface area contributed by atoms with Gasteiger partial charge in [-0.2, -0.15) is 0 Å². The van der Waals surface area contributed by atoms with Crippen molar-refractivity contribution in [3.63, 3.8) is 0 Å². The highest BCUT2D eigenvalue weighted by atomic mass is 16.5. The average Bonchev–Trinajstić information content (AvgIpc) is 2.73. The highest BCUT2D eigenvalue weighted by Crippen LogP contribution is 2.35. The second-order valence-electron chi connectivity index (χ2n) is 6.76. The zero-order valence-corrected chi connectivity index (χ0v) is 12.6. The fraction of sp³-hybridized carbons (Fsp3) is 0.556. The predicted molar refractivity (Wildman–Crippen MR) is 83.0 cm³/mol. The van der Waals surface area contributed by atoms with Gasteiger partial charge in [-0.25, -0.2) is 0 Å². The van der Waals surface area contributed by atoms with Gasteiger partial charge >= 0.3 is 0 Å². The summed E-state index contributed by atoms with van der Waals surface area (Å²) < 4.78 is 5.92. The molecular formula is C18H25NO. The molecule has 1 unspecified atom stereocenters. The van der Waals surface area contributed by atoms with Crippen molar-refractivity contribution in [2.45, 2.75) is 51.7 Å². The molecule has 20 heavy (non-hydrogen) atoms. The van der Waals surface area contributed by atoms with Gasteiger partial charge < -0.3 is 10.1 Å². The number of nitrogens with one attached hydrogen (secondary N) is 1. The topological polar surface area (TPSA) is 21.3 Å². The average molecular weight is 271 g/mol. The first-order chi connectivity index (χ1) is 9.62. The third kappa shape index (κ3) is 3.24. The highest BCUT2D eigenvalue weighted by molar-refractivity contribution is 5.41. The lowest BCUT2D eigenvalue weighted by Crippen LogP contribution is -2.24. The molecule has 0 fully saturated rings. The van der Waals surface area contributed by atoms with Crippen molar-refractivity contribution >= 4 is 0 Å². The van der Waals surface area contributed by atoms with Gasteiger partial charge in [-0.3, -0.25) is 0 Å². The van der Waals surface area contributed by atoms with E-state index in [0.29, 0.717) is 0 Å². The zero-order chi connectivity index (χ0) is 14.0. The number of rotatable bonds is 4. The molecule has 0 amide bonds. The number of fused-ring (bicyclic) bond motifs is 1. The van der Waals surface area contributed by atoms with Crippen LogP contribution in [0.3, 0.4) is 0 Å². The Morgan fingerprint density at radius 3 is 3.00 bits per heavy atom. The van der Waals surface area contributed by atoms with Crippen LogP contribution in [0.15, 0.2) is 30.4 Å². The molecule has 1 heterocycles. The molecule has 0 radical (unpaired) electrons. The number of ether oxygens (including phenoxy) is 1. The van der Waals surface area contributed by atoms with Crippen molar-refractivity contribution < 1.29 is 4.74 Å². The molecule has 0 saturated heterocycles. The lowest BCUT2D eigenvalue weighted by Gasteiger charge is -2.18. The van der Waals surface area contributed by atoms with Gasteiger partial charge in [0.15, 0.2) is 0 Å². The van der Waals surface area contributed by atoms with Gasteiger partial charge in [-0.15, -0.1) is 0 Å². The number of allylic oxidation sites excluding steroid dienone is 2. The van der Waals surface area contributed by atoms with E-state index in [4.69, 9.17) is 4.74 Å². The third-order valence-corrected chi connectivity index (χ3v) is 4.27. The van der Waals surface area contributed by atoms with Gasteiger partial charge in [0.1, 0.15) is 11.4 Å². The molecule has 1 atom stereocenters. The molecule has 0 bridgehead atoms. The first-order valence-electron chi connectivity index (χ1n) is 7.79. The largest absolute Gasteiger partial charge is 0.487 e.